The number of nitrogens with zero attached hydrogens (tertiary/aromatic N) is 2. The van der Waals surface area contributed by atoms with Crippen molar-refractivity contribution in [1.29, 1.82) is 0 Å². The second-order valence-corrected chi connectivity index (χ2v) is 11.1. The zero-order chi connectivity index (χ0) is 22.5. The first kappa shape index (κ1) is 22.6. The fourth-order valence-electron chi connectivity index (χ4n) is 2.72. The van der Waals surface area contributed by atoms with Gasteiger partial charge in [-0.15, -0.1) is 0 Å². The van der Waals surface area contributed by atoms with Crippen LogP contribution in [0.25, 0.3) is 0 Å². The molecule has 0 aliphatic carbocycles. The summed E-state index contributed by atoms with van der Waals surface area (Å²) in [5.41, 5.74) is -3.52. The third kappa shape index (κ3) is 3.69. The van der Waals surface area contributed by atoms with Crippen LogP contribution >= 0.6 is 0 Å². The van der Waals surface area contributed by atoms with Crippen molar-refractivity contribution in [2.45, 2.75) is 0 Å². The van der Waals surface area contributed by atoms with Gasteiger partial charge in [0.15, 0.2) is 0 Å². The molecular weight excluding hydrogens is 547 g/mol. The van der Waals surface area contributed by atoms with E-state index in [0.717, 1.165) is 36.4 Å². The van der Waals surface area contributed by atoms with Crippen LogP contribution in [0.4, 0.5) is 11.4 Å². The number of benzene rings is 2. The van der Waals surface area contributed by atoms with Gasteiger partial charge in [-0.2, -0.15) is 0 Å². The van der Waals surface area contributed by atoms with E-state index in [0.29, 0.717) is 0 Å². The summed E-state index contributed by atoms with van der Waals surface area (Å²) in [6, 6.07) is 5.35. The van der Waals surface area contributed by atoms with Crippen LogP contribution in [0.2, 0.25) is 0 Å². The van der Waals surface area contributed by atoms with Crippen LogP contribution in [0, 0.1) is 9.81 Å². The molecule has 0 fully saturated rings. The Labute approximate surface area is 181 Å². The zero-order valence-corrected chi connectivity index (χ0v) is 18.1. The Bertz CT molecular complexity index is 1140. The normalized spacial score (nSPS) is 16.0. The van der Waals surface area contributed by atoms with E-state index in [1.165, 1.54) is 0 Å². The van der Waals surface area contributed by atoms with Crippen LogP contribution in [-0.4, -0.2) is 59.2 Å². The average Bonchev–Trinajstić information content (AvgIpc) is 2.71. The third-order valence-corrected chi connectivity index (χ3v) is 8.83. The van der Waals surface area contributed by atoms with Gasteiger partial charge in [0.25, 0.3) is 0 Å². The van der Waals surface area contributed by atoms with E-state index in [1.807, 2.05) is 0 Å². The van der Waals surface area contributed by atoms with Crippen molar-refractivity contribution in [2.75, 3.05) is 0 Å². The summed E-state index contributed by atoms with van der Waals surface area (Å²) in [6.45, 7) is 0. The van der Waals surface area contributed by atoms with E-state index in [9.17, 15) is 39.2 Å². The van der Waals surface area contributed by atoms with Gasteiger partial charge in [0, 0.05) is 0 Å². The topological polar surface area (TPSA) is 223 Å². The summed E-state index contributed by atoms with van der Waals surface area (Å²) in [6.07, 6.45) is 0. The Morgan fingerprint density at radius 2 is 1.12 bits per heavy atom. The number of carboxylic acids is 2. The molecule has 4 rings (SSSR count). The van der Waals surface area contributed by atoms with Gasteiger partial charge in [-0.05, 0) is 0 Å². The fraction of sp³-hybridized carbons (Fsp3) is 0. The van der Waals surface area contributed by atoms with Crippen molar-refractivity contribution in [2.24, 2.45) is 0 Å². The molecular formula is C16H8N2O13Sn. The van der Waals surface area contributed by atoms with E-state index < -0.39 is 76.3 Å². The molecule has 15 nitrogen and oxygen atoms in total. The molecule has 0 atom stereocenters. The number of carboxylic acid groups (broad SMARTS) is 2. The van der Waals surface area contributed by atoms with Crippen LogP contribution in [0.5, 0.6) is 0 Å². The minimum atomic E-state index is -6.33. The number of carbonyl (C=O) groups is 4. The van der Waals surface area contributed by atoms with Gasteiger partial charge in [-0.25, -0.2) is 0 Å². The molecule has 0 radical (unpaired) electrons. The monoisotopic (exact) mass is 556 g/mol. The number of hydrogen-bond acceptors (Lipinski definition) is 12. The Hall–Kier alpha value is -4.12. The molecule has 0 aromatic heterocycles. The van der Waals surface area contributed by atoms with Gasteiger partial charge in [0.05, 0.1) is 0 Å². The summed E-state index contributed by atoms with van der Waals surface area (Å²) >= 11 is -6.33. The maximum atomic E-state index is 12.5. The van der Waals surface area contributed by atoms with Gasteiger partial charge in [-0.3, -0.25) is 0 Å². The molecule has 1 spiro atoms. The predicted molar refractivity (Wildman–Crippen MR) is 90.5 cm³/mol. The van der Waals surface area contributed by atoms with Crippen molar-refractivity contribution in [3.63, 3.8) is 0 Å². The average molecular weight is 555 g/mol. The molecule has 32 heavy (non-hydrogen) atoms. The van der Waals surface area contributed by atoms with Crippen molar-refractivity contribution >= 4 is 55.3 Å². The molecule has 16 heteroatoms. The van der Waals surface area contributed by atoms with Gasteiger partial charge in [0.1, 0.15) is 0 Å². The molecule has 164 valence electrons. The fourth-order valence-corrected chi connectivity index (χ4v) is 7.05. The summed E-state index contributed by atoms with van der Waals surface area (Å²) in [4.78, 5) is 71.5. The summed E-state index contributed by atoms with van der Waals surface area (Å²) in [5.74, 6) is -6.11. The SMILES string of the molecule is O.O=C1[O][Sn]2([O]C(=O)c3ccc(C(=O)[O-])c(c3)[N+](=O)[O]2)[O][N+](=O)c2cc1ccc2C(=O)[O-]. The van der Waals surface area contributed by atoms with E-state index in [2.05, 4.69) is 0 Å². The number of rotatable bonds is 2. The van der Waals surface area contributed by atoms with Crippen molar-refractivity contribution < 1.29 is 57.2 Å². The molecule has 0 saturated carbocycles. The Morgan fingerprint density at radius 1 is 0.750 bits per heavy atom. The Balaban J connectivity index is 0.00000289. The first-order chi connectivity index (χ1) is 14.6. The van der Waals surface area contributed by atoms with Crippen LogP contribution in [0.1, 0.15) is 41.4 Å². The van der Waals surface area contributed by atoms with E-state index in [4.69, 9.17) is 12.5 Å². The zero-order valence-electron chi connectivity index (χ0n) is 15.3. The Morgan fingerprint density at radius 3 is 1.47 bits per heavy atom. The molecule has 2 aliphatic rings. The molecule has 2 heterocycles. The quantitative estimate of drug-likeness (QED) is 0.359. The molecule has 0 saturated heterocycles. The van der Waals surface area contributed by atoms with Crippen LogP contribution in [0.15, 0.2) is 36.4 Å². The second-order valence-electron chi connectivity index (χ2n) is 6.01. The van der Waals surface area contributed by atoms with Crippen molar-refractivity contribution in [3.05, 3.63) is 68.5 Å². The minimum absolute atomic E-state index is 0. The molecule has 2 aromatic rings. The van der Waals surface area contributed by atoms with Gasteiger partial charge < -0.3 is 5.48 Å². The molecule has 2 aliphatic heterocycles. The van der Waals surface area contributed by atoms with Crippen molar-refractivity contribution in [3.8, 4) is 0 Å². The van der Waals surface area contributed by atoms with Crippen LogP contribution in [0.3, 0.4) is 0 Å². The summed E-state index contributed by atoms with van der Waals surface area (Å²) in [5, 5.41) is 22.5. The van der Waals surface area contributed by atoms with Crippen molar-refractivity contribution in [1.82, 2.24) is 0 Å². The number of fused-ring (bicyclic) bond motifs is 4. The van der Waals surface area contributed by atoms with Crippen LogP contribution in [-0.2, 0) is 12.5 Å². The molecule has 2 N–H and O–H groups in total. The Kier molecular flexibility index (Phi) is 5.54. The third-order valence-electron chi connectivity index (χ3n) is 4.12. The summed E-state index contributed by atoms with van der Waals surface area (Å²) < 4.78 is 19.7. The van der Waals surface area contributed by atoms with Gasteiger partial charge in [-0.1, -0.05) is 0 Å². The van der Waals surface area contributed by atoms with Crippen LogP contribution < -0.4 is 10.2 Å². The first-order valence-electron chi connectivity index (χ1n) is 8.10. The van der Waals surface area contributed by atoms with Gasteiger partial charge >= 0.3 is 175 Å². The molecule has 0 amide bonds. The maximum absolute atomic E-state index is 12.5. The number of hydrogen-bond donors (Lipinski definition) is 0. The molecule has 2 aromatic carbocycles. The van der Waals surface area contributed by atoms with E-state index >= 15 is 0 Å². The predicted octanol–water partition coefficient (Wildman–Crippen LogP) is -2.25. The van der Waals surface area contributed by atoms with E-state index in [1.54, 1.807) is 0 Å². The first-order valence-corrected chi connectivity index (χ1v) is 12.8. The molecule has 0 unspecified atom stereocenters. The van der Waals surface area contributed by atoms with E-state index in [-0.39, 0.29) is 16.6 Å². The standard InChI is InChI=1S/2C8H5NO6.H2O.Sn/c2*10-7(11)4-1-2-5(8(12)13)6(3-4)9(14)15;;/h2*1-3H,(H,10,11)(H,12,13);1H2;/q;;;+4/p-4. The molecule has 4 bridgehead atoms. The number of aromatic carboxylic acids is 2. The van der Waals surface area contributed by atoms with Gasteiger partial charge in [0.2, 0.25) is 0 Å². The summed E-state index contributed by atoms with van der Waals surface area (Å²) in [7, 11) is 0. The number of carbonyl (C=O) groups excluding carboxylic acids is 4. The second kappa shape index (κ2) is 7.85.